The molecule has 2 heterocycles. The standard InChI is InChI=1S/C16H16F2N4/c1-2-3-13-8-19-16(21-13)14-9-20-22-15(14)6-10-4-11(17)7-12(18)5-10/h4-5,7-9H,2-3,6H2,1H3,(H,19,21)(H,20,22). The largest absolute Gasteiger partial charge is 0.342 e. The van der Waals surface area contributed by atoms with Gasteiger partial charge in [0.15, 0.2) is 0 Å². The van der Waals surface area contributed by atoms with Crippen molar-refractivity contribution in [1.29, 1.82) is 0 Å². The number of aryl methyl sites for hydroxylation is 1. The second kappa shape index (κ2) is 6.09. The maximum Gasteiger partial charge on any atom is 0.140 e. The number of nitrogens with one attached hydrogen (secondary N) is 2. The number of benzene rings is 1. The molecule has 0 bridgehead atoms. The molecule has 2 N–H and O–H groups in total. The first-order valence-electron chi connectivity index (χ1n) is 7.17. The first kappa shape index (κ1) is 14.4. The summed E-state index contributed by atoms with van der Waals surface area (Å²) in [7, 11) is 0. The van der Waals surface area contributed by atoms with Crippen molar-refractivity contribution in [3.63, 3.8) is 0 Å². The van der Waals surface area contributed by atoms with E-state index in [0.717, 1.165) is 35.9 Å². The summed E-state index contributed by atoms with van der Waals surface area (Å²) in [5.74, 6) is -0.456. The second-order valence-electron chi connectivity index (χ2n) is 5.22. The van der Waals surface area contributed by atoms with E-state index in [9.17, 15) is 8.78 Å². The monoisotopic (exact) mass is 302 g/mol. The van der Waals surface area contributed by atoms with Gasteiger partial charge in [-0.25, -0.2) is 13.8 Å². The predicted octanol–water partition coefficient (Wildman–Crippen LogP) is 3.62. The highest BCUT2D eigenvalue weighted by Crippen LogP contribution is 2.22. The molecule has 0 aliphatic carbocycles. The van der Waals surface area contributed by atoms with Crippen LogP contribution >= 0.6 is 0 Å². The van der Waals surface area contributed by atoms with Gasteiger partial charge in [-0.05, 0) is 24.1 Å². The Balaban J connectivity index is 1.88. The quantitative estimate of drug-likeness (QED) is 0.756. The van der Waals surface area contributed by atoms with E-state index < -0.39 is 11.6 Å². The normalized spacial score (nSPS) is 11.0. The van der Waals surface area contributed by atoms with E-state index in [1.54, 1.807) is 12.4 Å². The number of hydrogen-bond donors (Lipinski definition) is 2. The molecule has 4 nitrogen and oxygen atoms in total. The Hall–Kier alpha value is -2.50. The van der Waals surface area contributed by atoms with Crippen LogP contribution in [0.5, 0.6) is 0 Å². The summed E-state index contributed by atoms with van der Waals surface area (Å²) >= 11 is 0. The predicted molar refractivity (Wildman–Crippen MR) is 79.3 cm³/mol. The number of rotatable bonds is 5. The van der Waals surface area contributed by atoms with Crippen LogP contribution in [0.4, 0.5) is 8.78 Å². The van der Waals surface area contributed by atoms with Gasteiger partial charge in [-0.15, -0.1) is 0 Å². The number of imidazole rings is 1. The van der Waals surface area contributed by atoms with Crippen LogP contribution in [0, 0.1) is 11.6 Å². The molecule has 0 fully saturated rings. The lowest BCUT2D eigenvalue weighted by atomic mass is 10.1. The van der Waals surface area contributed by atoms with E-state index in [0.29, 0.717) is 17.8 Å². The van der Waals surface area contributed by atoms with E-state index in [4.69, 9.17) is 0 Å². The van der Waals surface area contributed by atoms with Crippen molar-refractivity contribution >= 4 is 0 Å². The fraction of sp³-hybridized carbons (Fsp3) is 0.250. The number of H-pyrrole nitrogens is 2. The average molecular weight is 302 g/mol. The van der Waals surface area contributed by atoms with Crippen molar-refractivity contribution in [2.45, 2.75) is 26.2 Å². The van der Waals surface area contributed by atoms with Crippen molar-refractivity contribution < 1.29 is 8.78 Å². The van der Waals surface area contributed by atoms with Crippen LogP contribution in [0.15, 0.2) is 30.6 Å². The van der Waals surface area contributed by atoms with Crippen molar-refractivity contribution in [2.24, 2.45) is 0 Å². The lowest BCUT2D eigenvalue weighted by Crippen LogP contribution is -1.95. The number of aromatic amines is 2. The molecule has 6 heteroatoms. The first-order valence-corrected chi connectivity index (χ1v) is 7.17. The van der Waals surface area contributed by atoms with E-state index in [1.165, 1.54) is 12.1 Å². The summed E-state index contributed by atoms with van der Waals surface area (Å²) in [6.45, 7) is 2.10. The van der Waals surface area contributed by atoms with Gasteiger partial charge in [0.25, 0.3) is 0 Å². The van der Waals surface area contributed by atoms with Crippen LogP contribution in [0.1, 0.15) is 30.3 Å². The summed E-state index contributed by atoms with van der Waals surface area (Å²) in [4.78, 5) is 7.60. The van der Waals surface area contributed by atoms with Crippen molar-refractivity contribution in [3.8, 4) is 11.4 Å². The van der Waals surface area contributed by atoms with Gasteiger partial charge in [0.2, 0.25) is 0 Å². The lowest BCUT2D eigenvalue weighted by molar-refractivity contribution is 0.580. The molecule has 3 aromatic rings. The number of hydrogen-bond acceptors (Lipinski definition) is 2. The number of halogens is 2. The lowest BCUT2D eigenvalue weighted by Gasteiger charge is -2.03. The zero-order valence-corrected chi connectivity index (χ0v) is 12.2. The third-order valence-corrected chi connectivity index (χ3v) is 3.42. The van der Waals surface area contributed by atoms with Crippen molar-refractivity contribution in [3.05, 3.63) is 59.2 Å². The van der Waals surface area contributed by atoms with Gasteiger partial charge in [-0.2, -0.15) is 5.10 Å². The molecule has 0 aliphatic rings. The molecule has 0 amide bonds. The Labute approximate surface area is 126 Å². The number of nitrogens with zero attached hydrogens (tertiary/aromatic N) is 2. The minimum absolute atomic E-state index is 0.355. The molecule has 3 rings (SSSR count). The van der Waals surface area contributed by atoms with Gasteiger partial charge in [-0.3, -0.25) is 5.10 Å². The van der Waals surface area contributed by atoms with Crippen molar-refractivity contribution in [2.75, 3.05) is 0 Å². The second-order valence-corrected chi connectivity index (χ2v) is 5.22. The molecule has 0 radical (unpaired) electrons. The van der Waals surface area contributed by atoms with Gasteiger partial charge < -0.3 is 4.98 Å². The molecule has 22 heavy (non-hydrogen) atoms. The Morgan fingerprint density at radius 1 is 1.09 bits per heavy atom. The zero-order valence-electron chi connectivity index (χ0n) is 12.2. The molecule has 0 aliphatic heterocycles. The summed E-state index contributed by atoms with van der Waals surface area (Å²) < 4.78 is 26.6. The van der Waals surface area contributed by atoms with Crippen LogP contribution in [0.2, 0.25) is 0 Å². The molecule has 0 spiro atoms. The molecular formula is C16H16F2N4. The zero-order chi connectivity index (χ0) is 15.5. The van der Waals surface area contributed by atoms with E-state index >= 15 is 0 Å². The van der Waals surface area contributed by atoms with Crippen LogP contribution in [-0.4, -0.2) is 20.2 Å². The maximum atomic E-state index is 13.3. The van der Waals surface area contributed by atoms with Gasteiger partial charge in [0.1, 0.15) is 17.5 Å². The molecule has 0 unspecified atom stereocenters. The molecule has 0 atom stereocenters. The molecule has 1 aromatic carbocycles. The highest BCUT2D eigenvalue weighted by atomic mass is 19.1. The Morgan fingerprint density at radius 3 is 2.59 bits per heavy atom. The Kier molecular flexibility index (Phi) is 4.00. The van der Waals surface area contributed by atoms with Crippen LogP contribution in [0.3, 0.4) is 0 Å². The summed E-state index contributed by atoms with van der Waals surface area (Å²) in [5, 5.41) is 6.90. The molecule has 0 saturated heterocycles. The highest BCUT2D eigenvalue weighted by Gasteiger charge is 2.12. The Morgan fingerprint density at radius 2 is 1.86 bits per heavy atom. The Bertz CT molecular complexity index is 756. The fourth-order valence-electron chi connectivity index (χ4n) is 2.46. The van der Waals surface area contributed by atoms with Gasteiger partial charge in [0.05, 0.1) is 17.5 Å². The third kappa shape index (κ3) is 3.05. The van der Waals surface area contributed by atoms with Gasteiger partial charge in [0, 0.05) is 24.4 Å². The first-order chi connectivity index (χ1) is 10.7. The summed E-state index contributed by atoms with van der Waals surface area (Å²) in [5.41, 5.74) is 3.18. The SMILES string of the molecule is CCCc1cnc(-c2cn[nH]c2Cc2cc(F)cc(F)c2)[nH]1. The van der Waals surface area contributed by atoms with Crippen LogP contribution in [0.25, 0.3) is 11.4 Å². The smallest absolute Gasteiger partial charge is 0.140 e. The van der Waals surface area contributed by atoms with Crippen molar-refractivity contribution in [1.82, 2.24) is 20.2 Å². The van der Waals surface area contributed by atoms with Gasteiger partial charge in [-0.1, -0.05) is 13.3 Å². The van der Waals surface area contributed by atoms with E-state index in [2.05, 4.69) is 27.1 Å². The highest BCUT2D eigenvalue weighted by molar-refractivity contribution is 5.58. The summed E-state index contributed by atoms with van der Waals surface area (Å²) in [6, 6.07) is 3.50. The van der Waals surface area contributed by atoms with Gasteiger partial charge >= 0.3 is 0 Å². The maximum absolute atomic E-state index is 13.3. The van der Waals surface area contributed by atoms with Crippen LogP contribution in [-0.2, 0) is 12.8 Å². The topological polar surface area (TPSA) is 57.4 Å². The fourth-order valence-corrected chi connectivity index (χ4v) is 2.46. The minimum Gasteiger partial charge on any atom is -0.342 e. The summed E-state index contributed by atoms with van der Waals surface area (Å²) in [6.07, 6.45) is 5.78. The minimum atomic E-state index is -0.584. The van der Waals surface area contributed by atoms with Crippen LogP contribution < -0.4 is 0 Å². The molecule has 114 valence electrons. The van der Waals surface area contributed by atoms with E-state index in [1.807, 2.05) is 0 Å². The molecule has 0 saturated carbocycles. The van der Waals surface area contributed by atoms with E-state index in [-0.39, 0.29) is 0 Å². The average Bonchev–Trinajstić information content (AvgIpc) is 3.07. The third-order valence-electron chi connectivity index (χ3n) is 3.42. The molecule has 2 aromatic heterocycles. The molecular weight excluding hydrogens is 286 g/mol. The number of aromatic nitrogens is 4.